The molecular weight excluding hydrogens is 322 g/mol. The van der Waals surface area contributed by atoms with Crippen LogP contribution >= 0.6 is 11.8 Å². The molecule has 1 aliphatic rings. The molecule has 1 N–H and O–H groups in total. The summed E-state index contributed by atoms with van der Waals surface area (Å²) in [6.45, 7) is 1.82. The van der Waals surface area contributed by atoms with Gasteiger partial charge < -0.3 is 9.72 Å². The highest BCUT2D eigenvalue weighted by molar-refractivity contribution is 8.00. The number of aromatic nitrogens is 2. The number of nitrogens with one attached hydrogen (secondary N) is 1. The van der Waals surface area contributed by atoms with E-state index in [0.29, 0.717) is 17.9 Å². The molecule has 5 nitrogen and oxygen atoms in total. The number of imidazole rings is 1. The Labute approximate surface area is 145 Å². The number of benzene rings is 1. The van der Waals surface area contributed by atoms with Crippen LogP contribution in [0.3, 0.4) is 0 Å². The lowest BCUT2D eigenvalue weighted by Gasteiger charge is -2.38. The number of ether oxygens (including phenoxy) is 1. The summed E-state index contributed by atoms with van der Waals surface area (Å²) in [5, 5.41) is 9.16. The second kappa shape index (κ2) is 7.10. The molecule has 0 aliphatic heterocycles. The lowest BCUT2D eigenvalue weighted by Crippen LogP contribution is -2.30. The molecule has 0 bridgehead atoms. The van der Waals surface area contributed by atoms with E-state index in [2.05, 4.69) is 22.1 Å². The van der Waals surface area contributed by atoms with Gasteiger partial charge in [0.25, 0.3) is 0 Å². The normalized spacial score (nSPS) is 19.3. The van der Waals surface area contributed by atoms with Gasteiger partial charge in [-0.1, -0.05) is 6.07 Å². The van der Waals surface area contributed by atoms with Gasteiger partial charge in [0.15, 0.2) is 0 Å². The molecule has 1 atom stereocenters. The van der Waals surface area contributed by atoms with Gasteiger partial charge in [-0.2, -0.15) is 5.26 Å². The molecule has 1 aliphatic carbocycles. The van der Waals surface area contributed by atoms with Gasteiger partial charge in [0, 0.05) is 18.9 Å². The lowest BCUT2D eigenvalue weighted by atomic mass is 9.79. The van der Waals surface area contributed by atoms with Crippen LogP contribution in [-0.4, -0.2) is 28.3 Å². The van der Waals surface area contributed by atoms with Gasteiger partial charge in [0.1, 0.15) is 6.61 Å². The monoisotopic (exact) mass is 341 g/mol. The smallest absolute Gasteiger partial charge is 0.302 e. The summed E-state index contributed by atoms with van der Waals surface area (Å²) in [6.07, 6.45) is 6.57. The number of thioether (sulfide) groups is 1. The summed E-state index contributed by atoms with van der Waals surface area (Å²) < 4.78 is 4.85. The van der Waals surface area contributed by atoms with Crippen molar-refractivity contribution in [3.8, 4) is 6.07 Å². The Bertz CT molecular complexity index is 767. The van der Waals surface area contributed by atoms with Gasteiger partial charge in [0.05, 0.1) is 28.4 Å². The Morgan fingerprint density at radius 1 is 1.54 bits per heavy atom. The first-order valence-corrected chi connectivity index (χ1v) is 8.94. The topological polar surface area (TPSA) is 78.8 Å². The van der Waals surface area contributed by atoms with Gasteiger partial charge in [-0.3, -0.25) is 4.79 Å². The van der Waals surface area contributed by atoms with Crippen molar-refractivity contribution in [2.75, 3.05) is 12.4 Å². The molecule has 1 aromatic heterocycles. The number of aromatic amines is 1. The van der Waals surface area contributed by atoms with Crippen molar-refractivity contribution >= 4 is 17.7 Å². The van der Waals surface area contributed by atoms with Crippen molar-refractivity contribution in [3.05, 3.63) is 53.1 Å². The molecule has 0 saturated heterocycles. The first kappa shape index (κ1) is 16.6. The number of carbonyl (C=O) groups is 1. The fourth-order valence-electron chi connectivity index (χ4n) is 3.31. The van der Waals surface area contributed by atoms with Crippen LogP contribution in [0.2, 0.25) is 0 Å². The molecule has 3 rings (SSSR count). The van der Waals surface area contributed by atoms with Crippen molar-refractivity contribution in [1.29, 1.82) is 5.26 Å². The predicted octanol–water partition coefficient (Wildman–Crippen LogP) is 3.16. The van der Waals surface area contributed by atoms with E-state index in [0.717, 1.165) is 25.0 Å². The van der Waals surface area contributed by atoms with Crippen molar-refractivity contribution in [1.82, 2.24) is 9.97 Å². The minimum atomic E-state index is -0.256. The Morgan fingerprint density at radius 2 is 2.42 bits per heavy atom. The van der Waals surface area contributed by atoms with Gasteiger partial charge in [-0.05, 0) is 42.5 Å². The third-order valence-electron chi connectivity index (χ3n) is 4.31. The first-order valence-electron chi connectivity index (χ1n) is 7.95. The molecule has 0 amide bonds. The highest BCUT2D eigenvalue weighted by Gasteiger charge is 2.40. The van der Waals surface area contributed by atoms with Crippen LogP contribution in [0.5, 0.6) is 0 Å². The number of rotatable bonds is 5. The number of nitrogens with zero attached hydrogens (tertiary/aromatic N) is 2. The Hall–Kier alpha value is -2.26. The highest BCUT2D eigenvalue weighted by Crippen LogP contribution is 2.50. The maximum atomic E-state index is 11.0. The van der Waals surface area contributed by atoms with Crippen LogP contribution in [0, 0.1) is 11.3 Å². The maximum absolute atomic E-state index is 11.0. The van der Waals surface area contributed by atoms with Gasteiger partial charge in [-0.15, -0.1) is 11.8 Å². The number of esters is 1. The molecule has 6 heteroatoms. The zero-order chi connectivity index (χ0) is 17.0. The first-order chi connectivity index (χ1) is 11.7. The molecule has 0 fully saturated rings. The Balaban J connectivity index is 1.95. The molecular formula is C18H19N3O2S. The van der Waals surface area contributed by atoms with E-state index in [9.17, 15) is 4.79 Å². The van der Waals surface area contributed by atoms with Crippen molar-refractivity contribution in [2.45, 2.75) is 30.9 Å². The number of H-pyrrole nitrogens is 1. The van der Waals surface area contributed by atoms with E-state index in [1.54, 1.807) is 18.1 Å². The van der Waals surface area contributed by atoms with Crippen LogP contribution in [0.1, 0.15) is 42.1 Å². The fourth-order valence-corrected chi connectivity index (χ4v) is 4.74. The van der Waals surface area contributed by atoms with E-state index in [1.165, 1.54) is 18.1 Å². The standard InChI is InChI=1S/C18H19N3O2S/c1-13(22)23-7-8-24-18(17-11-20-12-21-17)6-2-3-15-9-14(10-19)4-5-16(15)18/h4-5,9,11-12H,2-3,6-8H2,1H3,(H,20,21). The summed E-state index contributed by atoms with van der Waals surface area (Å²) in [5.74, 6) is 0.451. The third kappa shape index (κ3) is 3.17. The molecule has 24 heavy (non-hydrogen) atoms. The number of carbonyl (C=O) groups excluding carboxylic acids is 1. The minimum Gasteiger partial charge on any atom is -0.465 e. The summed E-state index contributed by atoms with van der Waals surface area (Å²) in [7, 11) is 0. The van der Waals surface area contributed by atoms with E-state index in [4.69, 9.17) is 10.00 Å². The molecule has 0 spiro atoms. The number of hydrogen-bond donors (Lipinski definition) is 1. The molecule has 1 aromatic carbocycles. The van der Waals surface area contributed by atoms with Crippen LogP contribution in [0.15, 0.2) is 30.7 Å². The number of aryl methyl sites for hydroxylation is 1. The van der Waals surface area contributed by atoms with Crippen molar-refractivity contribution in [3.63, 3.8) is 0 Å². The van der Waals surface area contributed by atoms with Crippen molar-refractivity contribution in [2.24, 2.45) is 0 Å². The molecule has 1 heterocycles. The zero-order valence-electron chi connectivity index (χ0n) is 13.5. The summed E-state index contributed by atoms with van der Waals surface area (Å²) in [4.78, 5) is 18.5. The average Bonchev–Trinajstić information content (AvgIpc) is 3.13. The zero-order valence-corrected chi connectivity index (χ0v) is 14.4. The van der Waals surface area contributed by atoms with Gasteiger partial charge in [0.2, 0.25) is 0 Å². The quantitative estimate of drug-likeness (QED) is 0.667. The number of fused-ring (bicyclic) bond motifs is 1. The molecule has 1 unspecified atom stereocenters. The summed E-state index contributed by atoms with van der Waals surface area (Å²) in [5.41, 5.74) is 4.19. The molecule has 0 radical (unpaired) electrons. The van der Waals surface area contributed by atoms with Gasteiger partial charge >= 0.3 is 5.97 Å². The van der Waals surface area contributed by atoms with E-state index >= 15 is 0 Å². The maximum Gasteiger partial charge on any atom is 0.302 e. The SMILES string of the molecule is CC(=O)OCCSC1(c2cnc[nH]2)CCCc2cc(C#N)ccc21. The van der Waals surface area contributed by atoms with Gasteiger partial charge in [-0.25, -0.2) is 4.98 Å². The lowest BCUT2D eigenvalue weighted by molar-refractivity contribution is -0.140. The molecule has 124 valence electrons. The van der Waals surface area contributed by atoms with Crippen LogP contribution in [0.4, 0.5) is 0 Å². The minimum absolute atomic E-state index is 0.238. The fraction of sp³-hybridized carbons (Fsp3) is 0.389. The number of nitriles is 1. The van der Waals surface area contributed by atoms with Crippen LogP contribution in [0.25, 0.3) is 0 Å². The Kier molecular flexibility index (Phi) is 4.91. The third-order valence-corrected chi connectivity index (χ3v) is 5.82. The Morgan fingerprint density at radius 3 is 3.12 bits per heavy atom. The largest absolute Gasteiger partial charge is 0.465 e. The average molecular weight is 341 g/mol. The second-order valence-electron chi connectivity index (χ2n) is 5.82. The van der Waals surface area contributed by atoms with Crippen molar-refractivity contribution < 1.29 is 9.53 Å². The van der Waals surface area contributed by atoms with E-state index in [-0.39, 0.29) is 10.7 Å². The second-order valence-corrected chi connectivity index (χ2v) is 7.21. The predicted molar refractivity (Wildman–Crippen MR) is 92.6 cm³/mol. The number of hydrogen-bond acceptors (Lipinski definition) is 5. The summed E-state index contributed by atoms with van der Waals surface area (Å²) >= 11 is 1.77. The summed E-state index contributed by atoms with van der Waals surface area (Å²) in [6, 6.07) is 8.15. The van der Waals surface area contributed by atoms with Crippen LogP contribution in [-0.2, 0) is 20.7 Å². The van der Waals surface area contributed by atoms with E-state index in [1.807, 2.05) is 18.3 Å². The highest BCUT2D eigenvalue weighted by atomic mass is 32.2. The molecule has 0 saturated carbocycles. The van der Waals surface area contributed by atoms with E-state index < -0.39 is 0 Å². The molecule has 2 aromatic rings. The van der Waals surface area contributed by atoms with Crippen LogP contribution < -0.4 is 0 Å².